The van der Waals surface area contributed by atoms with Gasteiger partial charge in [-0.25, -0.2) is 0 Å². The van der Waals surface area contributed by atoms with Crippen molar-refractivity contribution >= 4 is 5.91 Å². The summed E-state index contributed by atoms with van der Waals surface area (Å²) in [4.78, 5) is 11.8. The second kappa shape index (κ2) is 6.17. The monoisotopic (exact) mass is 284 g/mol. The number of carbonyl (C=O) groups excluding carboxylic acids is 1. The lowest BCUT2D eigenvalue weighted by Gasteiger charge is -2.21. The van der Waals surface area contributed by atoms with Gasteiger partial charge in [0.25, 0.3) is 5.91 Å². The van der Waals surface area contributed by atoms with Crippen LogP contribution in [0.5, 0.6) is 5.75 Å². The molecule has 0 aromatic heterocycles. The van der Waals surface area contributed by atoms with Gasteiger partial charge in [-0.05, 0) is 61.3 Å². The van der Waals surface area contributed by atoms with E-state index in [1.807, 2.05) is 6.07 Å². The van der Waals surface area contributed by atoms with E-state index in [0.29, 0.717) is 17.2 Å². The first-order chi connectivity index (χ1) is 10.2. The molecule has 1 aromatic rings. The molecule has 0 spiro atoms. The number of amides is 1. The molecule has 4 nitrogen and oxygen atoms in total. The Morgan fingerprint density at radius 2 is 2.10 bits per heavy atom. The number of nitrogens with zero attached hydrogens (tertiary/aromatic N) is 1. The molecule has 2 bridgehead atoms. The first-order valence-corrected chi connectivity index (χ1v) is 7.64. The van der Waals surface area contributed by atoms with Crippen LogP contribution in [-0.4, -0.2) is 19.1 Å². The lowest BCUT2D eigenvalue weighted by molar-refractivity contribution is -0.123. The van der Waals surface area contributed by atoms with Gasteiger partial charge in [-0.1, -0.05) is 6.42 Å². The molecule has 3 atom stereocenters. The molecule has 21 heavy (non-hydrogen) atoms. The van der Waals surface area contributed by atoms with E-state index < -0.39 is 0 Å². The average Bonchev–Trinajstić information content (AvgIpc) is 3.14. The van der Waals surface area contributed by atoms with Crippen molar-refractivity contribution in [2.75, 3.05) is 13.2 Å². The van der Waals surface area contributed by atoms with Gasteiger partial charge in [-0.3, -0.25) is 4.79 Å². The van der Waals surface area contributed by atoms with E-state index in [1.165, 1.54) is 25.7 Å². The van der Waals surface area contributed by atoms with E-state index in [9.17, 15) is 4.79 Å². The van der Waals surface area contributed by atoms with Crippen molar-refractivity contribution in [3.63, 3.8) is 0 Å². The molecule has 110 valence electrons. The summed E-state index contributed by atoms with van der Waals surface area (Å²) in [6.45, 7) is 0.823. The first-order valence-electron chi connectivity index (χ1n) is 7.64. The summed E-state index contributed by atoms with van der Waals surface area (Å²) in [5, 5.41) is 11.7. The molecule has 1 amide bonds. The van der Waals surface area contributed by atoms with Crippen LogP contribution in [0.3, 0.4) is 0 Å². The fraction of sp³-hybridized carbons (Fsp3) is 0.529. The highest BCUT2D eigenvalue weighted by Crippen LogP contribution is 2.47. The number of carbonyl (C=O) groups is 1. The number of hydrogen-bond acceptors (Lipinski definition) is 3. The maximum Gasteiger partial charge on any atom is 0.257 e. The quantitative estimate of drug-likeness (QED) is 0.903. The minimum atomic E-state index is -0.0675. The summed E-state index contributed by atoms with van der Waals surface area (Å²) in [5.74, 6) is 2.95. The molecular formula is C17H20N2O2. The Bertz CT molecular complexity index is 547. The molecule has 0 saturated heterocycles. The predicted molar refractivity (Wildman–Crippen MR) is 78.6 cm³/mol. The molecule has 0 heterocycles. The van der Waals surface area contributed by atoms with Crippen LogP contribution in [0, 0.1) is 29.1 Å². The van der Waals surface area contributed by atoms with Crippen LogP contribution in [0.25, 0.3) is 0 Å². The lowest BCUT2D eigenvalue weighted by atomic mass is 9.89. The first kappa shape index (κ1) is 13.9. The summed E-state index contributed by atoms with van der Waals surface area (Å²) in [7, 11) is 0. The Balaban J connectivity index is 1.39. The minimum Gasteiger partial charge on any atom is -0.484 e. The Labute approximate surface area is 125 Å². The predicted octanol–water partition coefficient (Wildman–Crippen LogP) is 2.49. The minimum absolute atomic E-state index is 0.0344. The highest BCUT2D eigenvalue weighted by atomic mass is 16.5. The maximum atomic E-state index is 11.8. The number of nitrogens with one attached hydrogen (secondary N) is 1. The normalized spacial score (nSPS) is 26.3. The number of hydrogen-bond donors (Lipinski definition) is 1. The lowest BCUT2D eigenvalue weighted by Crippen LogP contribution is -2.34. The highest BCUT2D eigenvalue weighted by Gasteiger charge is 2.39. The average molecular weight is 284 g/mol. The van der Waals surface area contributed by atoms with Gasteiger partial charge in [0, 0.05) is 6.54 Å². The summed E-state index contributed by atoms with van der Waals surface area (Å²) < 4.78 is 5.42. The largest absolute Gasteiger partial charge is 0.484 e. The van der Waals surface area contributed by atoms with Crippen LogP contribution >= 0.6 is 0 Å². The summed E-state index contributed by atoms with van der Waals surface area (Å²) in [6, 6.07) is 8.84. The molecule has 2 aliphatic carbocycles. The molecule has 2 saturated carbocycles. The summed E-state index contributed by atoms with van der Waals surface area (Å²) >= 11 is 0. The van der Waals surface area contributed by atoms with E-state index in [2.05, 4.69) is 5.32 Å². The van der Waals surface area contributed by atoms with E-state index >= 15 is 0 Å². The Kier molecular flexibility index (Phi) is 4.10. The second-order valence-corrected chi connectivity index (χ2v) is 6.16. The van der Waals surface area contributed by atoms with Crippen LogP contribution in [-0.2, 0) is 4.79 Å². The molecule has 3 rings (SSSR count). The standard InChI is InChI=1S/C17H20N2O2/c18-9-12-2-5-16(6-3-12)21-11-17(20)19-10-15-8-13-1-4-14(15)7-13/h2-3,5-6,13-15H,1,4,7-8,10-11H2,(H,19,20). The van der Waals surface area contributed by atoms with Crippen molar-refractivity contribution in [1.82, 2.24) is 5.32 Å². The van der Waals surface area contributed by atoms with Crippen molar-refractivity contribution in [1.29, 1.82) is 5.26 Å². The van der Waals surface area contributed by atoms with Crippen LogP contribution in [0.1, 0.15) is 31.2 Å². The van der Waals surface area contributed by atoms with Gasteiger partial charge in [0.2, 0.25) is 0 Å². The van der Waals surface area contributed by atoms with Crippen LogP contribution in [0.4, 0.5) is 0 Å². The van der Waals surface area contributed by atoms with Gasteiger partial charge in [-0.15, -0.1) is 0 Å². The topological polar surface area (TPSA) is 62.1 Å². The van der Waals surface area contributed by atoms with Crippen molar-refractivity contribution < 1.29 is 9.53 Å². The van der Waals surface area contributed by atoms with Crippen molar-refractivity contribution in [3.8, 4) is 11.8 Å². The Hall–Kier alpha value is -2.02. The molecule has 3 unspecified atom stereocenters. The van der Waals surface area contributed by atoms with Gasteiger partial charge in [0.15, 0.2) is 6.61 Å². The second-order valence-electron chi connectivity index (χ2n) is 6.16. The fourth-order valence-electron chi connectivity index (χ4n) is 3.70. The third-order valence-electron chi connectivity index (χ3n) is 4.80. The zero-order valence-corrected chi connectivity index (χ0v) is 12.0. The molecule has 1 N–H and O–H groups in total. The smallest absolute Gasteiger partial charge is 0.257 e. The van der Waals surface area contributed by atoms with Gasteiger partial charge in [-0.2, -0.15) is 5.26 Å². The third kappa shape index (κ3) is 3.36. The summed E-state index contributed by atoms with van der Waals surface area (Å²) in [5.41, 5.74) is 0.586. The van der Waals surface area contributed by atoms with E-state index in [4.69, 9.17) is 10.00 Å². The number of ether oxygens (including phenoxy) is 1. The van der Waals surface area contributed by atoms with E-state index in [-0.39, 0.29) is 12.5 Å². The van der Waals surface area contributed by atoms with Crippen molar-refractivity contribution in [3.05, 3.63) is 29.8 Å². The molecule has 2 fully saturated rings. The number of fused-ring (bicyclic) bond motifs is 2. The Morgan fingerprint density at radius 3 is 2.71 bits per heavy atom. The van der Waals surface area contributed by atoms with Gasteiger partial charge < -0.3 is 10.1 Å². The molecule has 4 heteroatoms. The molecule has 0 radical (unpaired) electrons. The zero-order chi connectivity index (χ0) is 14.7. The van der Waals surface area contributed by atoms with E-state index in [0.717, 1.165) is 18.4 Å². The molecule has 2 aliphatic rings. The Morgan fingerprint density at radius 1 is 1.29 bits per heavy atom. The fourth-order valence-corrected chi connectivity index (χ4v) is 3.70. The third-order valence-corrected chi connectivity index (χ3v) is 4.80. The van der Waals surface area contributed by atoms with Gasteiger partial charge in [0.05, 0.1) is 11.6 Å². The van der Waals surface area contributed by atoms with Crippen LogP contribution < -0.4 is 10.1 Å². The van der Waals surface area contributed by atoms with Gasteiger partial charge in [0.1, 0.15) is 5.75 Å². The number of nitriles is 1. The van der Waals surface area contributed by atoms with E-state index in [1.54, 1.807) is 24.3 Å². The van der Waals surface area contributed by atoms with Crippen LogP contribution in [0.15, 0.2) is 24.3 Å². The number of benzene rings is 1. The van der Waals surface area contributed by atoms with Crippen molar-refractivity contribution in [2.24, 2.45) is 17.8 Å². The highest BCUT2D eigenvalue weighted by molar-refractivity contribution is 5.77. The SMILES string of the molecule is N#Cc1ccc(OCC(=O)NCC2CC3CCC2C3)cc1. The van der Waals surface area contributed by atoms with Gasteiger partial charge >= 0.3 is 0 Å². The zero-order valence-electron chi connectivity index (χ0n) is 12.0. The summed E-state index contributed by atoms with van der Waals surface area (Å²) in [6.07, 6.45) is 5.37. The van der Waals surface area contributed by atoms with Crippen LogP contribution in [0.2, 0.25) is 0 Å². The maximum absolute atomic E-state index is 11.8. The number of rotatable bonds is 5. The van der Waals surface area contributed by atoms with Crippen molar-refractivity contribution in [2.45, 2.75) is 25.7 Å². The molecule has 0 aliphatic heterocycles. The molecule has 1 aromatic carbocycles. The molecular weight excluding hydrogens is 264 g/mol.